The molecule has 0 aliphatic heterocycles. The highest BCUT2D eigenvalue weighted by atomic mass is 32.1. The molecule has 0 amide bonds. The standard InChI is InChI=1S/C24H23N3OS/c28-14-5-13-27-22-16-24(19-11-15-29-17-19,18-6-2-1-3-7-18)12-10-21(22)23(26-27)25-20-8-4-9-20/h1-3,5-7,10-15,17,20H,4,8-9,16H2,(H,25,26). The summed E-state index contributed by atoms with van der Waals surface area (Å²) in [5.41, 5.74) is 4.57. The van der Waals surface area contributed by atoms with Crippen molar-refractivity contribution < 1.29 is 4.79 Å². The molecule has 2 heterocycles. The number of fused-ring (bicyclic) bond motifs is 1. The molecule has 146 valence electrons. The molecule has 5 heteroatoms. The Morgan fingerprint density at radius 1 is 1.17 bits per heavy atom. The van der Waals surface area contributed by atoms with Crippen molar-refractivity contribution in [3.05, 3.63) is 81.7 Å². The van der Waals surface area contributed by atoms with Crippen molar-refractivity contribution in [2.24, 2.45) is 0 Å². The number of aromatic nitrogens is 2. The molecule has 2 aromatic heterocycles. The van der Waals surface area contributed by atoms with Gasteiger partial charge in [-0.1, -0.05) is 42.5 Å². The van der Waals surface area contributed by atoms with Crippen LogP contribution in [0.2, 0.25) is 0 Å². The van der Waals surface area contributed by atoms with Gasteiger partial charge < -0.3 is 5.32 Å². The van der Waals surface area contributed by atoms with Gasteiger partial charge in [-0.05, 0) is 53.3 Å². The number of thiophene rings is 1. The van der Waals surface area contributed by atoms with E-state index >= 15 is 0 Å². The number of carbonyl (C=O) groups is 1. The van der Waals surface area contributed by atoms with Crippen molar-refractivity contribution in [2.75, 3.05) is 5.32 Å². The minimum atomic E-state index is -0.241. The SMILES string of the molecule is O=CC=Cn1nc(NC2CCC2)c2c1CC(c1ccccc1)(c1ccsc1)C=C2. The molecule has 0 radical (unpaired) electrons. The van der Waals surface area contributed by atoms with Gasteiger partial charge >= 0.3 is 0 Å². The third-order valence-corrected chi connectivity index (χ3v) is 6.79. The Morgan fingerprint density at radius 2 is 2.03 bits per heavy atom. The Bertz CT molecular complexity index is 1060. The van der Waals surface area contributed by atoms with Crippen molar-refractivity contribution >= 4 is 35.7 Å². The van der Waals surface area contributed by atoms with Gasteiger partial charge in [0.2, 0.25) is 0 Å². The fourth-order valence-electron chi connectivity index (χ4n) is 4.29. The van der Waals surface area contributed by atoms with Crippen LogP contribution in [0.25, 0.3) is 12.3 Å². The Kier molecular flexibility index (Phi) is 4.68. The second kappa shape index (κ2) is 7.48. The Labute approximate surface area is 174 Å². The maximum absolute atomic E-state index is 11.0. The first-order valence-corrected chi connectivity index (χ1v) is 11.0. The quantitative estimate of drug-likeness (QED) is 0.460. The third kappa shape index (κ3) is 3.15. The van der Waals surface area contributed by atoms with Crippen molar-refractivity contribution in [1.82, 2.24) is 9.78 Å². The largest absolute Gasteiger partial charge is 0.365 e. The van der Waals surface area contributed by atoms with Crippen LogP contribution >= 0.6 is 11.3 Å². The normalized spacial score (nSPS) is 21.1. The average Bonchev–Trinajstić information content (AvgIpc) is 3.38. The lowest BCUT2D eigenvalue weighted by molar-refractivity contribution is -0.104. The zero-order valence-corrected chi connectivity index (χ0v) is 16.9. The summed E-state index contributed by atoms with van der Waals surface area (Å²) in [6, 6.07) is 13.4. The molecule has 29 heavy (non-hydrogen) atoms. The Hall–Kier alpha value is -2.92. The van der Waals surface area contributed by atoms with Gasteiger partial charge in [-0.3, -0.25) is 4.79 Å². The first-order valence-electron chi connectivity index (χ1n) is 10.1. The fraction of sp³-hybridized carbons (Fsp3) is 0.250. The summed E-state index contributed by atoms with van der Waals surface area (Å²) < 4.78 is 1.87. The molecule has 1 N–H and O–H groups in total. The molecule has 1 aromatic carbocycles. The van der Waals surface area contributed by atoms with Gasteiger partial charge in [0.25, 0.3) is 0 Å². The first-order chi connectivity index (χ1) is 14.3. The number of nitrogens with one attached hydrogen (secondary N) is 1. The van der Waals surface area contributed by atoms with Crippen molar-refractivity contribution in [3.8, 4) is 0 Å². The predicted octanol–water partition coefficient (Wildman–Crippen LogP) is 5.13. The fourth-order valence-corrected chi connectivity index (χ4v) is 5.03. The van der Waals surface area contributed by atoms with E-state index in [1.807, 2.05) is 4.68 Å². The van der Waals surface area contributed by atoms with Gasteiger partial charge in [-0.15, -0.1) is 0 Å². The molecular formula is C24H23N3OS. The molecule has 4 nitrogen and oxygen atoms in total. The van der Waals surface area contributed by atoms with Crippen LogP contribution in [0.15, 0.2) is 59.3 Å². The van der Waals surface area contributed by atoms with Crippen LogP contribution in [0.4, 0.5) is 5.82 Å². The van der Waals surface area contributed by atoms with Crippen LogP contribution in [0.5, 0.6) is 0 Å². The number of anilines is 1. The summed E-state index contributed by atoms with van der Waals surface area (Å²) >= 11 is 1.72. The number of allylic oxidation sites excluding steroid dienone is 2. The zero-order chi connectivity index (χ0) is 19.7. The third-order valence-electron chi connectivity index (χ3n) is 6.11. The van der Waals surface area contributed by atoms with Gasteiger partial charge in [0.15, 0.2) is 5.82 Å². The van der Waals surface area contributed by atoms with Crippen molar-refractivity contribution in [2.45, 2.75) is 37.1 Å². The van der Waals surface area contributed by atoms with E-state index in [2.05, 4.69) is 64.6 Å². The van der Waals surface area contributed by atoms with Crippen LogP contribution in [-0.2, 0) is 16.6 Å². The number of hydrogen-bond acceptors (Lipinski definition) is 4. The van der Waals surface area contributed by atoms with E-state index in [9.17, 15) is 4.79 Å². The van der Waals surface area contributed by atoms with E-state index in [0.29, 0.717) is 6.04 Å². The minimum absolute atomic E-state index is 0.241. The number of benzene rings is 1. The lowest BCUT2D eigenvalue weighted by Crippen LogP contribution is -2.31. The molecule has 2 aliphatic carbocycles. The van der Waals surface area contributed by atoms with E-state index in [-0.39, 0.29) is 5.41 Å². The molecule has 1 atom stereocenters. The molecule has 0 bridgehead atoms. The molecule has 5 rings (SSSR count). The summed E-state index contributed by atoms with van der Waals surface area (Å²) in [6.07, 6.45) is 13.1. The van der Waals surface area contributed by atoms with E-state index in [0.717, 1.165) is 29.8 Å². The van der Waals surface area contributed by atoms with E-state index in [1.165, 1.54) is 36.5 Å². The number of rotatable bonds is 6. The highest BCUT2D eigenvalue weighted by Crippen LogP contribution is 2.44. The summed E-state index contributed by atoms with van der Waals surface area (Å²) in [5, 5.41) is 12.8. The molecule has 3 aromatic rings. The van der Waals surface area contributed by atoms with Crippen LogP contribution in [-0.4, -0.2) is 22.1 Å². The van der Waals surface area contributed by atoms with Gasteiger partial charge in [-0.2, -0.15) is 16.4 Å². The average molecular weight is 402 g/mol. The maximum Gasteiger partial charge on any atom is 0.156 e. The summed E-state index contributed by atoms with van der Waals surface area (Å²) in [7, 11) is 0. The van der Waals surface area contributed by atoms with Crippen LogP contribution in [0.3, 0.4) is 0 Å². The maximum atomic E-state index is 11.0. The smallest absolute Gasteiger partial charge is 0.156 e. The van der Waals surface area contributed by atoms with Crippen LogP contribution in [0.1, 0.15) is 41.6 Å². The molecule has 1 saturated carbocycles. The van der Waals surface area contributed by atoms with E-state index in [4.69, 9.17) is 5.10 Å². The van der Waals surface area contributed by atoms with E-state index < -0.39 is 0 Å². The number of aldehydes is 1. The summed E-state index contributed by atoms with van der Waals surface area (Å²) in [5.74, 6) is 0.920. The highest BCUT2D eigenvalue weighted by Gasteiger charge is 2.38. The number of carbonyl (C=O) groups excluding carboxylic acids is 1. The Balaban J connectivity index is 1.63. The summed E-state index contributed by atoms with van der Waals surface area (Å²) in [4.78, 5) is 11.0. The highest BCUT2D eigenvalue weighted by molar-refractivity contribution is 7.08. The molecule has 1 unspecified atom stereocenters. The van der Waals surface area contributed by atoms with Gasteiger partial charge in [0.1, 0.15) is 6.29 Å². The number of hydrogen-bond donors (Lipinski definition) is 1. The molecule has 2 aliphatic rings. The van der Waals surface area contributed by atoms with Crippen molar-refractivity contribution in [3.63, 3.8) is 0 Å². The Morgan fingerprint density at radius 3 is 2.72 bits per heavy atom. The van der Waals surface area contributed by atoms with Gasteiger partial charge in [0, 0.05) is 29.6 Å². The van der Waals surface area contributed by atoms with Crippen LogP contribution in [0, 0.1) is 0 Å². The molecule has 0 spiro atoms. The minimum Gasteiger partial charge on any atom is -0.365 e. The molecule has 0 saturated heterocycles. The molecular weight excluding hydrogens is 378 g/mol. The summed E-state index contributed by atoms with van der Waals surface area (Å²) in [6.45, 7) is 0. The first kappa shape index (κ1) is 18.1. The second-order valence-corrected chi connectivity index (χ2v) is 8.54. The predicted molar refractivity (Wildman–Crippen MR) is 119 cm³/mol. The van der Waals surface area contributed by atoms with E-state index in [1.54, 1.807) is 17.5 Å². The zero-order valence-electron chi connectivity index (χ0n) is 16.1. The monoisotopic (exact) mass is 401 g/mol. The van der Waals surface area contributed by atoms with Crippen molar-refractivity contribution in [1.29, 1.82) is 0 Å². The second-order valence-electron chi connectivity index (χ2n) is 7.76. The van der Waals surface area contributed by atoms with Gasteiger partial charge in [0.05, 0.1) is 5.69 Å². The topological polar surface area (TPSA) is 46.9 Å². The molecule has 1 fully saturated rings. The van der Waals surface area contributed by atoms with Crippen LogP contribution < -0.4 is 5.32 Å². The lowest BCUT2D eigenvalue weighted by atomic mass is 9.69. The lowest BCUT2D eigenvalue weighted by Gasteiger charge is -2.34. The van der Waals surface area contributed by atoms with Gasteiger partial charge in [-0.25, -0.2) is 4.68 Å². The number of nitrogens with zero attached hydrogens (tertiary/aromatic N) is 2.